The van der Waals surface area contributed by atoms with E-state index in [1.807, 2.05) is 59.5 Å². The van der Waals surface area contributed by atoms with E-state index in [9.17, 15) is 9.59 Å². The van der Waals surface area contributed by atoms with Crippen LogP contribution in [-0.2, 0) is 4.79 Å². The maximum Gasteiger partial charge on any atom is 0.321 e. The number of carbonyl (C=O) groups is 2. The minimum absolute atomic E-state index is 0.0190. The molecule has 2 aliphatic rings. The Morgan fingerprint density at radius 1 is 0.677 bits per heavy atom. The van der Waals surface area contributed by atoms with Crippen LogP contribution < -0.4 is 10.6 Å². The average Bonchev–Trinajstić information content (AvgIpc) is 3.16. The first-order valence-corrected chi connectivity index (χ1v) is 11.5. The Kier molecular flexibility index (Phi) is 7.20. The summed E-state index contributed by atoms with van der Waals surface area (Å²) in [6.07, 6.45) is 6.78. The number of amides is 3. The van der Waals surface area contributed by atoms with Gasteiger partial charge in [0.1, 0.15) is 6.04 Å². The quantitative estimate of drug-likeness (QED) is 0.725. The third-order valence-corrected chi connectivity index (χ3v) is 6.17. The lowest BCUT2D eigenvalue weighted by molar-refractivity contribution is -0.121. The van der Waals surface area contributed by atoms with Crippen LogP contribution in [0.1, 0.15) is 50.1 Å². The normalized spacial score (nSPS) is 18.3. The SMILES string of the molecule is O=C(Nc1ccc(NC(=O)N2CCCCCC2)cc1)C(c1ccccc1)N1CCCC1. The molecule has 0 bridgehead atoms. The second-order valence-corrected chi connectivity index (χ2v) is 8.45. The van der Waals surface area contributed by atoms with Crippen LogP contribution in [0.2, 0.25) is 0 Å². The predicted octanol–water partition coefficient (Wildman–Crippen LogP) is 4.87. The molecule has 0 aromatic heterocycles. The number of carbonyl (C=O) groups excluding carboxylic acids is 2. The molecule has 164 valence electrons. The Labute approximate surface area is 184 Å². The standard InChI is InChI=1S/C25H32N4O2/c30-24(23(28-16-8-9-17-28)20-10-4-3-5-11-20)26-21-12-14-22(15-13-21)27-25(31)29-18-6-1-2-7-19-29/h3-5,10-15,23H,1-2,6-9,16-19H2,(H,26,30)(H,27,31). The first-order valence-electron chi connectivity index (χ1n) is 11.5. The monoisotopic (exact) mass is 420 g/mol. The van der Waals surface area contributed by atoms with Gasteiger partial charge in [0.2, 0.25) is 5.91 Å². The van der Waals surface area contributed by atoms with Crippen molar-refractivity contribution in [2.45, 2.75) is 44.6 Å². The molecule has 31 heavy (non-hydrogen) atoms. The molecule has 4 rings (SSSR count). The zero-order valence-electron chi connectivity index (χ0n) is 18.1. The highest BCUT2D eigenvalue weighted by molar-refractivity contribution is 5.96. The summed E-state index contributed by atoms with van der Waals surface area (Å²) in [6.45, 7) is 3.51. The van der Waals surface area contributed by atoms with E-state index in [0.29, 0.717) is 0 Å². The van der Waals surface area contributed by atoms with Crippen molar-refractivity contribution in [3.8, 4) is 0 Å². The van der Waals surface area contributed by atoms with Gasteiger partial charge in [0.05, 0.1) is 0 Å². The molecule has 2 aliphatic heterocycles. The molecule has 6 nitrogen and oxygen atoms in total. The molecule has 2 aromatic carbocycles. The lowest BCUT2D eigenvalue weighted by atomic mass is 10.0. The number of urea groups is 1. The lowest BCUT2D eigenvalue weighted by Gasteiger charge is -2.27. The summed E-state index contributed by atoms with van der Waals surface area (Å²) < 4.78 is 0. The second kappa shape index (κ2) is 10.4. The summed E-state index contributed by atoms with van der Waals surface area (Å²) in [5.74, 6) is -0.0190. The molecule has 0 spiro atoms. The number of hydrogen-bond acceptors (Lipinski definition) is 3. The molecule has 3 amide bonds. The number of nitrogens with one attached hydrogen (secondary N) is 2. The van der Waals surface area contributed by atoms with E-state index < -0.39 is 0 Å². The summed E-state index contributed by atoms with van der Waals surface area (Å²) in [4.78, 5) is 29.8. The zero-order valence-corrected chi connectivity index (χ0v) is 18.1. The van der Waals surface area contributed by atoms with Crippen LogP contribution in [0.15, 0.2) is 54.6 Å². The smallest absolute Gasteiger partial charge is 0.321 e. The van der Waals surface area contributed by atoms with Crippen LogP contribution in [0.5, 0.6) is 0 Å². The topological polar surface area (TPSA) is 64.7 Å². The Balaban J connectivity index is 1.39. The number of likely N-dealkylation sites (tertiary alicyclic amines) is 2. The molecule has 2 saturated heterocycles. The first kappa shape index (κ1) is 21.4. The van der Waals surface area contributed by atoms with Crippen molar-refractivity contribution in [1.29, 1.82) is 0 Å². The molecule has 2 aromatic rings. The molecule has 2 N–H and O–H groups in total. The molecule has 0 aliphatic carbocycles. The summed E-state index contributed by atoms with van der Waals surface area (Å²) in [5.41, 5.74) is 2.49. The minimum Gasteiger partial charge on any atom is -0.325 e. The summed E-state index contributed by atoms with van der Waals surface area (Å²) >= 11 is 0. The summed E-state index contributed by atoms with van der Waals surface area (Å²) in [6, 6.07) is 17.0. The molecular weight excluding hydrogens is 388 g/mol. The van der Waals surface area contributed by atoms with Crippen LogP contribution in [0, 0.1) is 0 Å². The van der Waals surface area contributed by atoms with E-state index in [-0.39, 0.29) is 18.0 Å². The maximum atomic E-state index is 13.2. The van der Waals surface area contributed by atoms with E-state index in [1.54, 1.807) is 0 Å². The van der Waals surface area contributed by atoms with Crippen molar-refractivity contribution in [3.63, 3.8) is 0 Å². The van der Waals surface area contributed by atoms with Crippen LogP contribution in [0.3, 0.4) is 0 Å². The van der Waals surface area contributed by atoms with Gasteiger partial charge in [0.15, 0.2) is 0 Å². The lowest BCUT2D eigenvalue weighted by Crippen LogP contribution is -2.35. The highest BCUT2D eigenvalue weighted by Gasteiger charge is 2.29. The van der Waals surface area contributed by atoms with Crippen molar-refractivity contribution in [3.05, 3.63) is 60.2 Å². The molecule has 6 heteroatoms. The molecule has 1 unspecified atom stereocenters. The molecule has 0 radical (unpaired) electrons. The van der Waals surface area contributed by atoms with Crippen molar-refractivity contribution in [2.75, 3.05) is 36.8 Å². The number of nitrogens with zero attached hydrogens (tertiary/aromatic N) is 2. The molecule has 2 fully saturated rings. The van der Waals surface area contributed by atoms with Crippen LogP contribution >= 0.6 is 0 Å². The Bertz CT molecular complexity index is 855. The van der Waals surface area contributed by atoms with Crippen molar-refractivity contribution >= 4 is 23.3 Å². The molecular formula is C25H32N4O2. The number of anilines is 2. The first-order chi connectivity index (χ1) is 15.2. The van der Waals surface area contributed by atoms with Crippen LogP contribution in [0.25, 0.3) is 0 Å². The zero-order chi connectivity index (χ0) is 21.5. The third-order valence-electron chi connectivity index (χ3n) is 6.17. The van der Waals surface area contributed by atoms with Gasteiger partial charge in [-0.15, -0.1) is 0 Å². The summed E-state index contributed by atoms with van der Waals surface area (Å²) in [5, 5.41) is 6.05. The molecule has 1 atom stereocenters. The van der Waals surface area contributed by atoms with E-state index in [4.69, 9.17) is 0 Å². The number of rotatable bonds is 5. The third kappa shape index (κ3) is 5.64. The number of hydrogen-bond donors (Lipinski definition) is 2. The minimum atomic E-state index is -0.286. The molecule has 2 heterocycles. The Morgan fingerprint density at radius 2 is 1.23 bits per heavy atom. The van der Waals surface area contributed by atoms with E-state index >= 15 is 0 Å². The van der Waals surface area contributed by atoms with Crippen molar-refractivity contribution in [2.24, 2.45) is 0 Å². The number of benzene rings is 2. The van der Waals surface area contributed by atoms with Crippen LogP contribution in [0.4, 0.5) is 16.2 Å². The highest BCUT2D eigenvalue weighted by atomic mass is 16.2. The van der Waals surface area contributed by atoms with Gasteiger partial charge in [0, 0.05) is 24.5 Å². The van der Waals surface area contributed by atoms with Crippen LogP contribution in [-0.4, -0.2) is 47.9 Å². The van der Waals surface area contributed by atoms with Gasteiger partial charge >= 0.3 is 6.03 Å². The fraction of sp³-hybridized carbons (Fsp3) is 0.440. The average molecular weight is 421 g/mol. The summed E-state index contributed by atoms with van der Waals surface area (Å²) in [7, 11) is 0. The van der Waals surface area contributed by atoms with E-state index in [2.05, 4.69) is 15.5 Å². The predicted molar refractivity (Wildman–Crippen MR) is 124 cm³/mol. The Hall–Kier alpha value is -2.86. The van der Waals surface area contributed by atoms with E-state index in [0.717, 1.165) is 68.8 Å². The van der Waals surface area contributed by atoms with Gasteiger partial charge in [-0.1, -0.05) is 43.2 Å². The second-order valence-electron chi connectivity index (χ2n) is 8.45. The Morgan fingerprint density at radius 3 is 1.84 bits per heavy atom. The van der Waals surface area contributed by atoms with Crippen molar-refractivity contribution < 1.29 is 9.59 Å². The van der Waals surface area contributed by atoms with Gasteiger partial charge in [-0.3, -0.25) is 9.69 Å². The highest BCUT2D eigenvalue weighted by Crippen LogP contribution is 2.27. The van der Waals surface area contributed by atoms with Gasteiger partial charge in [-0.05, 0) is 68.6 Å². The van der Waals surface area contributed by atoms with Crippen molar-refractivity contribution in [1.82, 2.24) is 9.80 Å². The van der Waals surface area contributed by atoms with Gasteiger partial charge < -0.3 is 15.5 Å². The maximum absolute atomic E-state index is 13.2. The molecule has 0 saturated carbocycles. The van der Waals surface area contributed by atoms with Gasteiger partial charge in [-0.2, -0.15) is 0 Å². The fourth-order valence-electron chi connectivity index (χ4n) is 4.49. The van der Waals surface area contributed by atoms with Gasteiger partial charge in [-0.25, -0.2) is 4.79 Å². The van der Waals surface area contributed by atoms with Gasteiger partial charge in [0.25, 0.3) is 0 Å². The van der Waals surface area contributed by atoms with E-state index in [1.165, 1.54) is 12.8 Å². The largest absolute Gasteiger partial charge is 0.325 e. The fourth-order valence-corrected chi connectivity index (χ4v) is 4.49.